The Bertz CT molecular complexity index is 462. The molecule has 0 saturated carbocycles. The van der Waals surface area contributed by atoms with Gasteiger partial charge in [-0.3, -0.25) is 18.8 Å². The molecule has 0 N–H and O–H groups in total. The first kappa shape index (κ1) is 32.2. The number of hydrogen-bond donors (Lipinski definition) is 0. The Hall–Kier alpha value is 0.180. The van der Waals surface area contributed by atoms with Gasteiger partial charge in [-0.15, -0.1) is 0 Å². The van der Waals surface area contributed by atoms with Crippen LogP contribution in [-0.2, 0) is 36.9 Å². The fourth-order valence-corrected chi connectivity index (χ4v) is 6.43. The lowest BCUT2D eigenvalue weighted by Gasteiger charge is -2.21. The largest absolute Gasteiger partial charge is 0.330 e. The maximum atomic E-state index is 12.4. The second-order valence-corrected chi connectivity index (χ2v) is 11.6. The van der Waals surface area contributed by atoms with Crippen molar-refractivity contribution in [2.75, 3.05) is 58.5 Å². The van der Waals surface area contributed by atoms with E-state index in [2.05, 4.69) is 6.92 Å². The fourth-order valence-electron chi connectivity index (χ4n) is 2.97. The first-order chi connectivity index (χ1) is 15.4. The molecule has 0 fully saturated rings. The van der Waals surface area contributed by atoms with Crippen molar-refractivity contribution in [1.82, 2.24) is 5.23 Å². The minimum absolute atomic E-state index is 0.391. The molecule has 0 aliphatic carbocycles. The number of hydrogen-bond acceptors (Lipinski definition) is 9. The molecule has 9 nitrogen and oxygen atoms in total. The van der Waals surface area contributed by atoms with Gasteiger partial charge in [0.25, 0.3) is 0 Å². The van der Waals surface area contributed by atoms with E-state index in [9.17, 15) is 9.13 Å². The number of nitrogens with zero attached hydrogens (tertiary/aromatic N) is 1. The lowest BCUT2D eigenvalue weighted by molar-refractivity contribution is -0.368. The Kier molecular flexibility index (Phi) is 20.7. The van der Waals surface area contributed by atoms with Crippen molar-refractivity contribution in [2.24, 2.45) is 0 Å². The number of hydroxylamine groups is 2. The van der Waals surface area contributed by atoms with Crippen molar-refractivity contribution in [2.45, 2.75) is 79.6 Å². The zero-order chi connectivity index (χ0) is 24.1. The highest BCUT2D eigenvalue weighted by molar-refractivity contribution is 7.54. The SMILES string of the molecule is CCCN(OCCCCCP(=O)(OCC)OCC)OCCCCCP(=O)(OCC)OCC. The Labute approximate surface area is 195 Å². The normalized spacial score (nSPS) is 12.7. The molecule has 0 amide bonds. The standard InChI is InChI=1S/C21H47NO8P2/c1-6-17-22(25-18-13-11-15-20-31(23,27-7-2)28-8-3)26-19-14-12-16-21-32(24,29-9-4)30-10-5/h6-21H2,1-5H3. The van der Waals surface area contributed by atoms with E-state index in [1.54, 1.807) is 5.23 Å². The molecule has 0 aromatic carbocycles. The van der Waals surface area contributed by atoms with Crippen LogP contribution >= 0.6 is 15.2 Å². The number of rotatable bonds is 24. The van der Waals surface area contributed by atoms with Crippen LogP contribution in [0.25, 0.3) is 0 Å². The molecule has 0 heterocycles. The molecule has 0 radical (unpaired) electrons. The fraction of sp³-hybridized carbons (Fsp3) is 1.00. The first-order valence-electron chi connectivity index (χ1n) is 12.2. The summed E-state index contributed by atoms with van der Waals surface area (Å²) in [5, 5.41) is 1.55. The smallest absolute Gasteiger partial charge is 0.309 e. The summed E-state index contributed by atoms with van der Waals surface area (Å²) >= 11 is 0. The van der Waals surface area contributed by atoms with Crippen LogP contribution in [0.3, 0.4) is 0 Å². The zero-order valence-corrected chi connectivity index (χ0v) is 22.7. The Balaban J connectivity index is 3.99. The molecule has 0 bridgehead atoms. The van der Waals surface area contributed by atoms with Crippen LogP contribution in [0, 0.1) is 0 Å². The summed E-state index contributed by atoms with van der Waals surface area (Å²) in [5.41, 5.74) is 0. The van der Waals surface area contributed by atoms with Crippen molar-refractivity contribution in [3.05, 3.63) is 0 Å². The first-order valence-corrected chi connectivity index (χ1v) is 15.6. The monoisotopic (exact) mass is 503 g/mol. The molecule has 0 saturated heterocycles. The van der Waals surface area contributed by atoms with Crippen molar-refractivity contribution in [1.29, 1.82) is 0 Å². The highest BCUT2D eigenvalue weighted by atomic mass is 31.2. The molecule has 0 spiro atoms. The van der Waals surface area contributed by atoms with Crippen LogP contribution < -0.4 is 0 Å². The summed E-state index contributed by atoms with van der Waals surface area (Å²) in [7, 11) is -5.90. The third-order valence-electron chi connectivity index (χ3n) is 4.33. The zero-order valence-electron chi connectivity index (χ0n) is 20.9. The van der Waals surface area contributed by atoms with Gasteiger partial charge in [-0.1, -0.05) is 25.0 Å². The average molecular weight is 504 g/mol. The summed E-state index contributed by atoms with van der Waals surface area (Å²) in [4.78, 5) is 11.5. The molecule has 0 unspecified atom stereocenters. The maximum Gasteiger partial charge on any atom is 0.330 e. The lowest BCUT2D eigenvalue weighted by Crippen LogP contribution is -2.26. The van der Waals surface area contributed by atoms with Gasteiger partial charge in [0.2, 0.25) is 0 Å². The molecule has 0 aromatic heterocycles. The van der Waals surface area contributed by atoms with E-state index in [1.165, 1.54) is 0 Å². The molecule has 0 aliphatic heterocycles. The van der Waals surface area contributed by atoms with Crippen LogP contribution in [0.5, 0.6) is 0 Å². The molecule has 11 heteroatoms. The van der Waals surface area contributed by atoms with E-state index in [0.717, 1.165) is 44.9 Å². The van der Waals surface area contributed by atoms with Gasteiger partial charge >= 0.3 is 15.2 Å². The summed E-state index contributed by atoms with van der Waals surface area (Å²) in [6.45, 7) is 12.7. The van der Waals surface area contributed by atoms with Crippen molar-refractivity contribution in [3.8, 4) is 0 Å². The Morgan fingerprint density at radius 2 is 0.938 bits per heavy atom. The highest BCUT2D eigenvalue weighted by Gasteiger charge is 2.23. The minimum Gasteiger partial charge on any atom is -0.309 e. The van der Waals surface area contributed by atoms with Crippen molar-refractivity contribution >= 4 is 15.2 Å². The Morgan fingerprint density at radius 3 is 1.25 bits per heavy atom. The third kappa shape index (κ3) is 16.7. The average Bonchev–Trinajstić information content (AvgIpc) is 2.73. The topological polar surface area (TPSA) is 92.8 Å². The summed E-state index contributed by atoms with van der Waals surface area (Å²) in [6, 6.07) is 0. The maximum absolute atomic E-state index is 12.4. The molecule has 0 atom stereocenters. The molecular formula is C21H47NO8P2. The van der Waals surface area contributed by atoms with E-state index < -0.39 is 15.2 Å². The molecule has 32 heavy (non-hydrogen) atoms. The van der Waals surface area contributed by atoms with Gasteiger partial charge in [-0.2, -0.15) is 0 Å². The second kappa shape index (κ2) is 20.5. The lowest BCUT2D eigenvalue weighted by atomic mass is 10.3. The van der Waals surface area contributed by atoms with Crippen LogP contribution in [0.15, 0.2) is 0 Å². The van der Waals surface area contributed by atoms with Gasteiger partial charge < -0.3 is 18.1 Å². The van der Waals surface area contributed by atoms with E-state index in [-0.39, 0.29) is 0 Å². The van der Waals surface area contributed by atoms with E-state index in [4.69, 9.17) is 27.8 Å². The van der Waals surface area contributed by atoms with E-state index in [1.807, 2.05) is 27.7 Å². The summed E-state index contributed by atoms with van der Waals surface area (Å²) in [5.74, 6) is 0. The molecule has 0 aromatic rings. The van der Waals surface area contributed by atoms with Gasteiger partial charge in [0, 0.05) is 0 Å². The summed E-state index contributed by atoms with van der Waals surface area (Å²) in [6.07, 6.45) is 6.75. The van der Waals surface area contributed by atoms with Crippen LogP contribution in [-0.4, -0.2) is 63.7 Å². The highest BCUT2D eigenvalue weighted by Crippen LogP contribution is 2.49. The number of unbranched alkanes of at least 4 members (excludes halogenated alkanes) is 4. The van der Waals surface area contributed by atoms with Gasteiger partial charge in [-0.05, 0) is 59.8 Å². The van der Waals surface area contributed by atoms with E-state index >= 15 is 0 Å². The molecule has 0 rings (SSSR count). The molecular weight excluding hydrogens is 456 g/mol. The predicted molar refractivity (Wildman–Crippen MR) is 128 cm³/mol. The van der Waals surface area contributed by atoms with Crippen LogP contribution in [0.4, 0.5) is 0 Å². The van der Waals surface area contributed by atoms with Crippen LogP contribution in [0.2, 0.25) is 0 Å². The summed E-state index contributed by atoms with van der Waals surface area (Å²) < 4.78 is 46.1. The van der Waals surface area contributed by atoms with E-state index in [0.29, 0.717) is 58.5 Å². The quantitative estimate of drug-likeness (QED) is 0.0838. The van der Waals surface area contributed by atoms with Crippen molar-refractivity contribution < 1.29 is 36.9 Å². The Morgan fingerprint density at radius 1 is 0.562 bits per heavy atom. The molecule has 194 valence electrons. The third-order valence-corrected chi connectivity index (χ3v) is 8.67. The molecule has 0 aliphatic rings. The predicted octanol–water partition coefficient (Wildman–Crippen LogP) is 6.43. The minimum atomic E-state index is -2.95. The van der Waals surface area contributed by atoms with Gasteiger partial charge in [0.15, 0.2) is 0 Å². The second-order valence-electron chi connectivity index (χ2n) is 7.18. The van der Waals surface area contributed by atoms with Gasteiger partial charge in [0.05, 0.1) is 58.5 Å². The van der Waals surface area contributed by atoms with Crippen LogP contribution in [0.1, 0.15) is 79.6 Å². The van der Waals surface area contributed by atoms with Gasteiger partial charge in [-0.25, -0.2) is 0 Å². The van der Waals surface area contributed by atoms with Gasteiger partial charge in [0.1, 0.15) is 0 Å². The van der Waals surface area contributed by atoms with Crippen molar-refractivity contribution in [3.63, 3.8) is 0 Å².